The molecule has 0 spiro atoms. The number of aliphatic hydroxyl groups excluding tert-OH is 1. The molecule has 1 heterocycles. The van der Waals surface area contributed by atoms with E-state index in [1.807, 2.05) is 0 Å². The van der Waals surface area contributed by atoms with Gasteiger partial charge in [-0.25, -0.2) is 8.42 Å². The van der Waals surface area contributed by atoms with E-state index in [-0.39, 0.29) is 17.2 Å². The molecule has 3 N–H and O–H groups in total. The Balaban J connectivity index is 1.62. The number of carbonyl (C=O) groups is 1. The second-order valence-corrected chi connectivity index (χ2v) is 10.6. The molecule has 156 valence electrons. The fourth-order valence-electron chi connectivity index (χ4n) is 3.57. The number of sulfonamides is 1. The van der Waals surface area contributed by atoms with Gasteiger partial charge in [-0.05, 0) is 47.4 Å². The second kappa shape index (κ2) is 7.79. The van der Waals surface area contributed by atoms with Crippen LogP contribution in [-0.2, 0) is 21.4 Å². The van der Waals surface area contributed by atoms with Crippen molar-refractivity contribution in [2.24, 2.45) is 0 Å². The summed E-state index contributed by atoms with van der Waals surface area (Å²) in [5.74, 6) is -1.79. The lowest BCUT2D eigenvalue weighted by molar-refractivity contribution is -0.140. The van der Waals surface area contributed by atoms with Gasteiger partial charge in [0.1, 0.15) is 9.75 Å². The number of carboxylic acids is 1. The van der Waals surface area contributed by atoms with Crippen LogP contribution >= 0.6 is 22.9 Å². The Bertz CT molecular complexity index is 1210. The van der Waals surface area contributed by atoms with Crippen molar-refractivity contribution >= 4 is 38.9 Å². The lowest BCUT2D eigenvalue weighted by atomic mass is 10.0. The molecule has 2 aromatic carbocycles. The van der Waals surface area contributed by atoms with E-state index < -0.39 is 27.4 Å². The summed E-state index contributed by atoms with van der Waals surface area (Å²) >= 11 is 6.96. The molecule has 0 aliphatic heterocycles. The lowest BCUT2D eigenvalue weighted by Gasteiger charge is -2.16. The second-order valence-electron chi connectivity index (χ2n) is 7.12. The number of carboxylic acid groups (broad SMARTS) is 1. The molecule has 1 aromatic heterocycles. The van der Waals surface area contributed by atoms with Gasteiger partial charge in [-0.3, -0.25) is 4.79 Å². The number of halogens is 1. The third-order valence-electron chi connectivity index (χ3n) is 5.23. The molecule has 1 unspecified atom stereocenters. The highest BCUT2D eigenvalue weighted by molar-refractivity contribution is 7.91. The van der Waals surface area contributed by atoms with Gasteiger partial charge in [0.25, 0.3) is 10.0 Å². The predicted octanol–water partition coefficient (Wildman–Crippen LogP) is 3.85. The number of benzene rings is 2. The number of hydrogen-bond donors (Lipinski definition) is 3. The Morgan fingerprint density at radius 2 is 1.83 bits per heavy atom. The first-order chi connectivity index (χ1) is 14.3. The van der Waals surface area contributed by atoms with Crippen LogP contribution in [0.25, 0.3) is 10.4 Å². The van der Waals surface area contributed by atoms with E-state index in [0.29, 0.717) is 16.1 Å². The molecule has 0 radical (unpaired) electrons. The average molecular weight is 464 g/mol. The fourth-order valence-corrected chi connectivity index (χ4v) is 6.42. The minimum Gasteiger partial charge on any atom is -0.480 e. The lowest BCUT2D eigenvalue weighted by Crippen LogP contribution is -2.44. The largest absolute Gasteiger partial charge is 0.480 e. The van der Waals surface area contributed by atoms with Crippen molar-refractivity contribution in [2.45, 2.75) is 28.7 Å². The van der Waals surface area contributed by atoms with E-state index >= 15 is 0 Å². The maximum atomic E-state index is 13.0. The number of aliphatic carboxylic acids is 1. The van der Waals surface area contributed by atoms with E-state index in [9.17, 15) is 23.4 Å². The first-order valence-electron chi connectivity index (χ1n) is 9.08. The van der Waals surface area contributed by atoms with Crippen LogP contribution in [0.15, 0.2) is 64.9 Å². The van der Waals surface area contributed by atoms with Crippen LogP contribution in [0, 0.1) is 0 Å². The van der Waals surface area contributed by atoms with Crippen LogP contribution in [0.5, 0.6) is 0 Å². The molecule has 1 fully saturated rings. The highest BCUT2D eigenvalue weighted by atomic mass is 35.5. The van der Waals surface area contributed by atoms with Crippen molar-refractivity contribution in [1.82, 2.24) is 4.72 Å². The quantitative estimate of drug-likeness (QED) is 0.493. The van der Waals surface area contributed by atoms with E-state index in [2.05, 4.69) is 4.72 Å². The van der Waals surface area contributed by atoms with Crippen LogP contribution in [0.3, 0.4) is 0 Å². The van der Waals surface area contributed by atoms with E-state index in [1.54, 1.807) is 54.6 Å². The molecule has 0 bridgehead atoms. The van der Waals surface area contributed by atoms with Gasteiger partial charge in [0, 0.05) is 15.8 Å². The van der Waals surface area contributed by atoms with Gasteiger partial charge in [0.2, 0.25) is 0 Å². The fraction of sp³-hybridized carbons (Fsp3) is 0.190. The monoisotopic (exact) mass is 463 g/mol. The molecule has 6 nitrogen and oxygen atoms in total. The van der Waals surface area contributed by atoms with E-state index in [0.717, 1.165) is 21.8 Å². The van der Waals surface area contributed by atoms with Gasteiger partial charge in [-0.1, -0.05) is 48.0 Å². The van der Waals surface area contributed by atoms with Gasteiger partial charge in [-0.2, -0.15) is 4.72 Å². The summed E-state index contributed by atoms with van der Waals surface area (Å²) in [4.78, 5) is 12.8. The predicted molar refractivity (Wildman–Crippen MR) is 115 cm³/mol. The molecule has 1 saturated carbocycles. The molecule has 3 aromatic rings. The first kappa shape index (κ1) is 21.0. The number of aliphatic hydroxyl groups is 1. The normalized spacial score (nSPS) is 20.8. The van der Waals surface area contributed by atoms with Gasteiger partial charge < -0.3 is 10.2 Å². The minimum atomic E-state index is -4.06. The third kappa shape index (κ3) is 3.77. The Morgan fingerprint density at radius 1 is 1.13 bits per heavy atom. The summed E-state index contributed by atoms with van der Waals surface area (Å²) in [5, 5.41) is 19.9. The smallest absolute Gasteiger partial charge is 0.325 e. The minimum absolute atomic E-state index is 0.0363. The van der Waals surface area contributed by atoms with Gasteiger partial charge >= 0.3 is 5.97 Å². The first-order valence-corrected chi connectivity index (χ1v) is 11.8. The summed E-state index contributed by atoms with van der Waals surface area (Å²) < 4.78 is 28.4. The summed E-state index contributed by atoms with van der Waals surface area (Å²) in [5.41, 5.74) is 0.415. The van der Waals surface area contributed by atoms with Crippen molar-refractivity contribution in [3.63, 3.8) is 0 Å². The van der Waals surface area contributed by atoms with Crippen LogP contribution < -0.4 is 4.72 Å². The molecular weight excluding hydrogens is 446 g/mol. The number of nitrogens with one attached hydrogen (secondary N) is 1. The molecule has 0 saturated heterocycles. The highest BCUT2D eigenvalue weighted by Crippen LogP contribution is 2.53. The number of hydrogen-bond acceptors (Lipinski definition) is 5. The summed E-state index contributed by atoms with van der Waals surface area (Å²) in [6, 6.07) is 17.1. The zero-order chi connectivity index (χ0) is 21.5. The Labute approximate surface area is 182 Å². The molecular formula is C21H18ClNO5S2. The maximum absolute atomic E-state index is 13.0. The Hall–Kier alpha value is -2.23. The summed E-state index contributed by atoms with van der Waals surface area (Å²) in [6.07, 6.45) is 0.119. The van der Waals surface area contributed by atoms with Crippen molar-refractivity contribution < 1.29 is 23.4 Å². The van der Waals surface area contributed by atoms with Gasteiger partial charge in [-0.15, -0.1) is 11.3 Å². The molecule has 30 heavy (non-hydrogen) atoms. The van der Waals surface area contributed by atoms with Crippen LogP contribution in [0.4, 0.5) is 0 Å². The number of rotatable bonds is 7. The molecule has 9 heteroatoms. The SMILES string of the molecule is O=C(O)C1(NS(=O)(=O)c2ccc(-c3ccc(Cl)cc3)s2)C[C@H]1c1ccccc1CO. The highest BCUT2D eigenvalue weighted by Gasteiger charge is 2.63. The molecule has 1 aliphatic carbocycles. The standard InChI is InChI=1S/C21H18ClNO5S2/c22-15-7-5-13(6-8-15)18-9-10-19(29-18)30(27,28)23-21(20(25)26)11-17(21)16-4-2-1-3-14(16)12-24/h1-10,17,23-24H,11-12H2,(H,25,26)/t17-,21?/m0/s1. The topological polar surface area (TPSA) is 104 Å². The number of thiophene rings is 1. The van der Waals surface area contributed by atoms with Crippen molar-refractivity contribution in [2.75, 3.05) is 0 Å². The zero-order valence-electron chi connectivity index (χ0n) is 15.6. The summed E-state index contributed by atoms with van der Waals surface area (Å²) in [7, 11) is -4.06. The van der Waals surface area contributed by atoms with Crippen LogP contribution in [0.2, 0.25) is 5.02 Å². The van der Waals surface area contributed by atoms with Gasteiger partial charge in [0.05, 0.1) is 6.61 Å². The Morgan fingerprint density at radius 3 is 2.50 bits per heavy atom. The van der Waals surface area contributed by atoms with Gasteiger partial charge in [0.15, 0.2) is 0 Å². The van der Waals surface area contributed by atoms with Crippen molar-refractivity contribution in [3.05, 3.63) is 76.8 Å². The average Bonchev–Trinajstić information content (AvgIpc) is 3.20. The molecule has 2 atom stereocenters. The maximum Gasteiger partial charge on any atom is 0.325 e. The van der Waals surface area contributed by atoms with Crippen molar-refractivity contribution in [1.29, 1.82) is 0 Å². The van der Waals surface area contributed by atoms with E-state index in [1.165, 1.54) is 6.07 Å². The van der Waals surface area contributed by atoms with Crippen LogP contribution in [0.1, 0.15) is 23.5 Å². The zero-order valence-corrected chi connectivity index (χ0v) is 18.0. The Kier molecular flexibility index (Phi) is 5.46. The van der Waals surface area contributed by atoms with Crippen LogP contribution in [-0.4, -0.2) is 30.1 Å². The third-order valence-corrected chi connectivity index (χ3v) is 8.62. The molecule has 0 amide bonds. The molecule has 4 rings (SSSR count). The van der Waals surface area contributed by atoms with E-state index in [4.69, 9.17) is 11.6 Å². The van der Waals surface area contributed by atoms with Crippen molar-refractivity contribution in [3.8, 4) is 10.4 Å². The molecule has 1 aliphatic rings. The summed E-state index contributed by atoms with van der Waals surface area (Å²) in [6.45, 7) is -0.246.